The van der Waals surface area contributed by atoms with Crippen LogP contribution in [0.15, 0.2) is 42.6 Å². The number of benzene rings is 2. The molecule has 0 radical (unpaired) electrons. The predicted molar refractivity (Wildman–Crippen MR) is 118 cm³/mol. The van der Waals surface area contributed by atoms with Gasteiger partial charge in [0, 0.05) is 50.6 Å². The summed E-state index contributed by atoms with van der Waals surface area (Å²) in [5.74, 6) is -0.596. The van der Waals surface area contributed by atoms with Gasteiger partial charge in [0.1, 0.15) is 17.2 Å². The third-order valence-electron chi connectivity index (χ3n) is 5.41. The lowest BCUT2D eigenvalue weighted by molar-refractivity contribution is 0.0600. The molecule has 4 rings (SSSR count). The van der Waals surface area contributed by atoms with E-state index in [-0.39, 0.29) is 22.5 Å². The van der Waals surface area contributed by atoms with Gasteiger partial charge in [-0.15, -0.1) is 0 Å². The number of phenols is 2. The number of hydrogen-bond acceptors (Lipinski definition) is 7. The van der Waals surface area contributed by atoms with Crippen LogP contribution >= 0.6 is 11.6 Å². The number of ether oxygens (including phenoxy) is 1. The minimum Gasteiger partial charge on any atom is -0.507 e. The van der Waals surface area contributed by atoms with Gasteiger partial charge in [0.15, 0.2) is 0 Å². The lowest BCUT2D eigenvalue weighted by Gasteiger charge is -2.36. The summed E-state index contributed by atoms with van der Waals surface area (Å²) in [5, 5.41) is 27.3. The topological polar surface area (TPSA) is 102 Å². The van der Waals surface area contributed by atoms with E-state index in [2.05, 4.69) is 20.0 Å². The van der Waals surface area contributed by atoms with E-state index in [1.54, 1.807) is 12.3 Å². The van der Waals surface area contributed by atoms with Crippen LogP contribution in [0.1, 0.15) is 15.9 Å². The maximum Gasteiger partial charge on any atom is 0.337 e. The molecule has 1 aromatic heterocycles. The number of halogens is 1. The molecule has 2 aromatic carbocycles. The number of H-pyrrole nitrogens is 1. The van der Waals surface area contributed by atoms with Crippen molar-refractivity contribution < 1.29 is 19.7 Å². The second kappa shape index (κ2) is 8.87. The number of nitrogens with zero attached hydrogens (tertiary/aromatic N) is 3. The molecule has 31 heavy (non-hydrogen) atoms. The van der Waals surface area contributed by atoms with Crippen molar-refractivity contribution in [3.63, 3.8) is 0 Å². The first-order chi connectivity index (χ1) is 15.0. The monoisotopic (exact) mass is 442 g/mol. The molecule has 9 heteroatoms. The van der Waals surface area contributed by atoms with E-state index in [1.807, 2.05) is 18.2 Å². The zero-order valence-corrected chi connectivity index (χ0v) is 17.8. The summed E-state index contributed by atoms with van der Waals surface area (Å²) in [6.07, 6.45) is 1.80. The molecular formula is C22H23ClN4O4. The summed E-state index contributed by atoms with van der Waals surface area (Å²) in [5.41, 5.74) is 3.52. The number of anilines is 1. The molecule has 3 aromatic rings. The van der Waals surface area contributed by atoms with E-state index in [1.165, 1.54) is 19.2 Å². The van der Waals surface area contributed by atoms with Crippen LogP contribution in [-0.2, 0) is 11.3 Å². The summed E-state index contributed by atoms with van der Waals surface area (Å²) in [6, 6.07) is 10.2. The molecule has 0 saturated carbocycles. The molecule has 8 nitrogen and oxygen atoms in total. The van der Waals surface area contributed by atoms with Gasteiger partial charge in [-0.3, -0.25) is 10.00 Å². The Hall–Kier alpha value is -3.23. The Kier molecular flexibility index (Phi) is 6.01. The van der Waals surface area contributed by atoms with Crippen molar-refractivity contribution in [1.82, 2.24) is 15.1 Å². The quantitative estimate of drug-likeness (QED) is 0.521. The Morgan fingerprint density at radius 1 is 1.16 bits per heavy atom. The number of carbonyl (C=O) groups excluding carboxylic acids is 1. The van der Waals surface area contributed by atoms with Crippen molar-refractivity contribution in [1.29, 1.82) is 0 Å². The van der Waals surface area contributed by atoms with Gasteiger partial charge in [0.25, 0.3) is 0 Å². The second-order valence-corrected chi connectivity index (χ2v) is 7.80. The highest BCUT2D eigenvalue weighted by atomic mass is 35.5. The summed E-state index contributed by atoms with van der Waals surface area (Å²) < 4.78 is 4.80. The first kappa shape index (κ1) is 21.0. The number of piperazine rings is 1. The first-order valence-electron chi connectivity index (χ1n) is 9.86. The largest absolute Gasteiger partial charge is 0.507 e. The minimum absolute atomic E-state index is 0.0839. The molecule has 0 spiro atoms. The fourth-order valence-electron chi connectivity index (χ4n) is 3.78. The van der Waals surface area contributed by atoms with Gasteiger partial charge in [-0.05, 0) is 23.8 Å². The van der Waals surface area contributed by atoms with Crippen molar-refractivity contribution in [3.05, 3.63) is 58.7 Å². The van der Waals surface area contributed by atoms with E-state index < -0.39 is 0 Å². The Morgan fingerprint density at radius 3 is 2.68 bits per heavy atom. The molecule has 162 valence electrons. The average Bonchev–Trinajstić information content (AvgIpc) is 3.26. The van der Waals surface area contributed by atoms with Gasteiger partial charge in [-0.1, -0.05) is 23.7 Å². The fourth-order valence-corrected chi connectivity index (χ4v) is 3.95. The normalized spacial score (nSPS) is 14.6. The molecule has 1 fully saturated rings. The van der Waals surface area contributed by atoms with Gasteiger partial charge < -0.3 is 19.8 Å². The molecule has 3 N–H and O–H groups in total. The molecule has 0 amide bonds. The third-order valence-corrected chi connectivity index (χ3v) is 5.71. The number of hydrogen-bond donors (Lipinski definition) is 3. The number of methoxy groups -OCH3 is 1. The Morgan fingerprint density at radius 2 is 1.94 bits per heavy atom. The molecule has 0 atom stereocenters. The molecule has 1 aliphatic rings. The smallest absolute Gasteiger partial charge is 0.337 e. The van der Waals surface area contributed by atoms with E-state index in [0.717, 1.165) is 44.0 Å². The van der Waals surface area contributed by atoms with Crippen molar-refractivity contribution in [3.8, 4) is 22.8 Å². The second-order valence-electron chi connectivity index (χ2n) is 7.40. The standard InChI is InChI=1S/C22H23ClN4O4/c1-31-22(30)15-4-2-3-14(9-15)13-26-5-7-27(8-6-26)18-12-24-25-21(18)16-10-17(23)20(29)11-19(16)28/h2-4,9-12,28-29H,5-8,13H2,1H3,(H,24,25). The van der Waals surface area contributed by atoms with Crippen molar-refractivity contribution >= 4 is 23.3 Å². The van der Waals surface area contributed by atoms with Crippen LogP contribution in [0.5, 0.6) is 11.5 Å². The van der Waals surface area contributed by atoms with Crippen LogP contribution in [0.3, 0.4) is 0 Å². The third kappa shape index (κ3) is 4.45. The van der Waals surface area contributed by atoms with Gasteiger partial charge in [0.2, 0.25) is 0 Å². The summed E-state index contributed by atoms with van der Waals surface area (Å²) in [6.45, 7) is 3.95. The predicted octanol–water partition coefficient (Wildman–Crippen LogP) is 3.25. The zero-order valence-electron chi connectivity index (χ0n) is 17.0. The fraction of sp³-hybridized carbons (Fsp3) is 0.273. The molecule has 2 heterocycles. The van der Waals surface area contributed by atoms with Gasteiger partial charge in [-0.2, -0.15) is 5.10 Å². The minimum atomic E-state index is -0.336. The number of carbonyl (C=O) groups is 1. The lowest BCUT2D eigenvalue weighted by atomic mass is 10.1. The van der Waals surface area contributed by atoms with E-state index in [9.17, 15) is 15.0 Å². The van der Waals surface area contributed by atoms with Crippen molar-refractivity contribution in [2.45, 2.75) is 6.54 Å². The number of aromatic hydroxyl groups is 2. The van der Waals surface area contributed by atoms with Gasteiger partial charge in [-0.25, -0.2) is 4.79 Å². The van der Waals surface area contributed by atoms with Crippen molar-refractivity contribution in [2.75, 3.05) is 38.2 Å². The highest BCUT2D eigenvalue weighted by molar-refractivity contribution is 6.32. The van der Waals surface area contributed by atoms with Crippen LogP contribution in [0.4, 0.5) is 5.69 Å². The number of aromatic amines is 1. The summed E-state index contributed by atoms with van der Waals surface area (Å²) in [4.78, 5) is 16.3. The molecule has 0 unspecified atom stereocenters. The van der Waals surface area contributed by atoms with Crippen LogP contribution in [0.2, 0.25) is 5.02 Å². The lowest BCUT2D eigenvalue weighted by Crippen LogP contribution is -2.46. The van der Waals surface area contributed by atoms with Crippen LogP contribution in [0, 0.1) is 0 Å². The maximum absolute atomic E-state index is 11.8. The van der Waals surface area contributed by atoms with Crippen molar-refractivity contribution in [2.24, 2.45) is 0 Å². The SMILES string of the molecule is COC(=O)c1cccc(CN2CCN(c3c[nH]nc3-c3cc(Cl)c(O)cc3O)CC2)c1. The molecule has 0 aliphatic carbocycles. The first-order valence-corrected chi connectivity index (χ1v) is 10.2. The number of esters is 1. The van der Waals surface area contributed by atoms with E-state index in [0.29, 0.717) is 16.8 Å². The highest BCUT2D eigenvalue weighted by Gasteiger charge is 2.23. The molecular weight excluding hydrogens is 420 g/mol. The Labute approximate surface area is 184 Å². The van der Waals surface area contributed by atoms with Crippen LogP contribution in [-0.4, -0.2) is 64.6 Å². The summed E-state index contributed by atoms with van der Waals surface area (Å²) in [7, 11) is 1.38. The zero-order chi connectivity index (χ0) is 22.0. The molecule has 1 saturated heterocycles. The number of aromatic nitrogens is 2. The Bertz CT molecular complexity index is 1090. The van der Waals surface area contributed by atoms with E-state index in [4.69, 9.17) is 16.3 Å². The van der Waals surface area contributed by atoms with Crippen LogP contribution < -0.4 is 4.90 Å². The van der Waals surface area contributed by atoms with E-state index >= 15 is 0 Å². The average molecular weight is 443 g/mol. The number of phenolic OH excluding ortho intramolecular Hbond substituents is 2. The number of rotatable bonds is 5. The Balaban J connectivity index is 1.44. The molecule has 1 aliphatic heterocycles. The van der Waals surface area contributed by atoms with Crippen LogP contribution in [0.25, 0.3) is 11.3 Å². The number of nitrogens with one attached hydrogen (secondary N) is 1. The summed E-state index contributed by atoms with van der Waals surface area (Å²) >= 11 is 6.03. The maximum atomic E-state index is 11.8. The highest BCUT2D eigenvalue weighted by Crippen LogP contribution is 2.40. The molecule has 0 bridgehead atoms. The van der Waals surface area contributed by atoms with Gasteiger partial charge >= 0.3 is 5.97 Å². The van der Waals surface area contributed by atoms with Gasteiger partial charge in [0.05, 0.1) is 23.4 Å².